The maximum Gasteiger partial charge on any atom is 0.240 e. The lowest BCUT2D eigenvalue weighted by molar-refractivity contribution is -0.137. The van der Waals surface area contributed by atoms with Crippen molar-refractivity contribution in [1.82, 2.24) is 4.90 Å². The van der Waals surface area contributed by atoms with Crippen LogP contribution in [0.4, 0.5) is 0 Å². The molecule has 0 aromatic carbocycles. The van der Waals surface area contributed by atoms with Gasteiger partial charge in [0.1, 0.15) is 6.04 Å². The van der Waals surface area contributed by atoms with Gasteiger partial charge in [0.2, 0.25) is 11.8 Å². The van der Waals surface area contributed by atoms with Gasteiger partial charge in [0.15, 0.2) is 0 Å². The van der Waals surface area contributed by atoms with E-state index in [0.717, 1.165) is 6.42 Å². The van der Waals surface area contributed by atoms with Crippen LogP contribution in [-0.2, 0) is 9.59 Å². The third kappa shape index (κ3) is 2.18. The van der Waals surface area contributed by atoms with Gasteiger partial charge in [-0.05, 0) is 12.8 Å². The van der Waals surface area contributed by atoms with Crippen LogP contribution in [0, 0.1) is 0 Å². The van der Waals surface area contributed by atoms with Gasteiger partial charge in [0, 0.05) is 19.5 Å². The van der Waals surface area contributed by atoms with Crippen LogP contribution in [-0.4, -0.2) is 35.8 Å². The molecule has 1 fully saturated rings. The minimum atomic E-state index is -0.414. The lowest BCUT2D eigenvalue weighted by Gasteiger charge is -2.21. The monoisotopic (exact) mass is 185 g/mol. The van der Waals surface area contributed by atoms with Crippen molar-refractivity contribution < 1.29 is 9.59 Å². The summed E-state index contributed by atoms with van der Waals surface area (Å²) in [4.78, 5) is 23.9. The largest absolute Gasteiger partial charge is 0.368 e. The number of carbonyl (C=O) groups excluding carboxylic acids is 2. The molecule has 0 aromatic heterocycles. The predicted molar refractivity (Wildman–Crippen MR) is 47.6 cm³/mol. The molecule has 13 heavy (non-hydrogen) atoms. The molecule has 0 radical (unpaired) electrons. The maximum absolute atomic E-state index is 11.4. The average molecular weight is 185 g/mol. The fourth-order valence-corrected chi connectivity index (χ4v) is 1.63. The normalized spacial score (nSPS) is 21.9. The van der Waals surface area contributed by atoms with Crippen LogP contribution in [0.1, 0.15) is 19.3 Å². The van der Waals surface area contributed by atoms with Crippen LogP contribution in [0.2, 0.25) is 0 Å². The Labute approximate surface area is 77.1 Å². The summed E-state index contributed by atoms with van der Waals surface area (Å²) in [6, 6.07) is -0.404. The van der Waals surface area contributed by atoms with Gasteiger partial charge < -0.3 is 16.4 Å². The number of carbonyl (C=O) groups is 2. The minimum Gasteiger partial charge on any atom is -0.368 e. The molecule has 1 rings (SSSR count). The molecule has 1 aliphatic heterocycles. The molecule has 1 aliphatic rings. The number of primary amides is 1. The molecule has 4 N–H and O–H groups in total. The van der Waals surface area contributed by atoms with Gasteiger partial charge in [-0.15, -0.1) is 0 Å². The summed E-state index contributed by atoms with van der Waals surface area (Å²) in [6.07, 6.45) is 1.83. The van der Waals surface area contributed by atoms with Crippen molar-refractivity contribution in [2.75, 3.05) is 13.1 Å². The Morgan fingerprint density at radius 1 is 1.46 bits per heavy atom. The lowest BCUT2D eigenvalue weighted by Crippen LogP contribution is -2.44. The smallest absolute Gasteiger partial charge is 0.240 e. The molecule has 1 saturated heterocycles. The molecule has 2 amide bonds. The van der Waals surface area contributed by atoms with Crippen LogP contribution >= 0.6 is 0 Å². The number of likely N-dealkylation sites (tertiary alicyclic amines) is 1. The van der Waals surface area contributed by atoms with Crippen LogP contribution in [0.15, 0.2) is 0 Å². The fourth-order valence-electron chi connectivity index (χ4n) is 1.63. The molecule has 74 valence electrons. The Bertz CT molecular complexity index is 217. The zero-order valence-corrected chi connectivity index (χ0v) is 7.53. The second kappa shape index (κ2) is 4.23. The second-order valence-electron chi connectivity index (χ2n) is 3.19. The highest BCUT2D eigenvalue weighted by molar-refractivity contribution is 5.87. The summed E-state index contributed by atoms with van der Waals surface area (Å²) in [5, 5.41) is 0. The Morgan fingerprint density at radius 2 is 2.15 bits per heavy atom. The Kier molecular flexibility index (Phi) is 3.25. The third-order valence-corrected chi connectivity index (χ3v) is 2.26. The van der Waals surface area contributed by atoms with E-state index in [4.69, 9.17) is 11.5 Å². The van der Waals surface area contributed by atoms with Crippen molar-refractivity contribution in [3.63, 3.8) is 0 Å². The molecule has 5 heteroatoms. The summed E-state index contributed by atoms with van der Waals surface area (Å²) >= 11 is 0. The van der Waals surface area contributed by atoms with Crippen molar-refractivity contribution in [3.8, 4) is 0 Å². The van der Waals surface area contributed by atoms with E-state index in [2.05, 4.69) is 0 Å². The van der Waals surface area contributed by atoms with Crippen molar-refractivity contribution in [2.45, 2.75) is 25.3 Å². The first-order chi connectivity index (χ1) is 6.16. The predicted octanol–water partition coefficient (Wildman–Crippen LogP) is -1.19. The highest BCUT2D eigenvalue weighted by Gasteiger charge is 2.31. The Morgan fingerprint density at radius 3 is 2.69 bits per heavy atom. The number of nitrogens with two attached hydrogens (primary N) is 2. The Hall–Kier alpha value is -1.10. The summed E-state index contributed by atoms with van der Waals surface area (Å²) < 4.78 is 0. The highest BCUT2D eigenvalue weighted by atomic mass is 16.2. The van der Waals surface area contributed by atoms with Crippen molar-refractivity contribution in [3.05, 3.63) is 0 Å². The highest BCUT2D eigenvalue weighted by Crippen LogP contribution is 2.17. The van der Waals surface area contributed by atoms with Crippen molar-refractivity contribution in [2.24, 2.45) is 11.5 Å². The topological polar surface area (TPSA) is 89.4 Å². The molecule has 1 atom stereocenters. The van der Waals surface area contributed by atoms with Crippen LogP contribution < -0.4 is 11.5 Å². The summed E-state index contributed by atoms with van der Waals surface area (Å²) in [5.74, 6) is -0.480. The van der Waals surface area contributed by atoms with Gasteiger partial charge in [-0.2, -0.15) is 0 Å². The molecule has 0 saturated carbocycles. The van der Waals surface area contributed by atoms with E-state index in [-0.39, 0.29) is 5.91 Å². The molecule has 0 aromatic rings. The number of hydrogen-bond acceptors (Lipinski definition) is 3. The molecule has 0 aliphatic carbocycles. The second-order valence-corrected chi connectivity index (χ2v) is 3.19. The zero-order chi connectivity index (χ0) is 9.84. The quantitative estimate of drug-likeness (QED) is 0.579. The lowest BCUT2D eigenvalue weighted by atomic mass is 10.2. The first kappa shape index (κ1) is 9.98. The number of rotatable bonds is 3. The first-order valence-corrected chi connectivity index (χ1v) is 4.45. The SMILES string of the molecule is NCCC(=O)N1CCC[C@H]1C(N)=O. The summed E-state index contributed by atoms with van der Waals surface area (Å²) in [6.45, 7) is 0.952. The molecular formula is C8H15N3O2. The molecule has 0 spiro atoms. The molecular weight excluding hydrogens is 170 g/mol. The fraction of sp³-hybridized carbons (Fsp3) is 0.750. The number of nitrogens with zero attached hydrogens (tertiary/aromatic N) is 1. The van der Waals surface area contributed by atoms with Crippen LogP contribution in [0.25, 0.3) is 0 Å². The van der Waals surface area contributed by atoms with E-state index in [1.807, 2.05) is 0 Å². The van der Waals surface area contributed by atoms with Gasteiger partial charge >= 0.3 is 0 Å². The molecule has 1 heterocycles. The Balaban J connectivity index is 2.57. The average Bonchev–Trinajstić information content (AvgIpc) is 2.52. The van der Waals surface area contributed by atoms with Crippen molar-refractivity contribution >= 4 is 11.8 Å². The van der Waals surface area contributed by atoms with E-state index >= 15 is 0 Å². The van der Waals surface area contributed by atoms with E-state index in [9.17, 15) is 9.59 Å². The number of hydrogen-bond donors (Lipinski definition) is 2. The van der Waals surface area contributed by atoms with Gasteiger partial charge in [0.25, 0.3) is 0 Å². The summed E-state index contributed by atoms with van der Waals surface area (Å²) in [5.41, 5.74) is 10.4. The summed E-state index contributed by atoms with van der Waals surface area (Å²) in [7, 11) is 0. The van der Waals surface area contributed by atoms with Crippen LogP contribution in [0.3, 0.4) is 0 Å². The first-order valence-electron chi connectivity index (χ1n) is 4.45. The molecule has 5 nitrogen and oxygen atoms in total. The minimum absolute atomic E-state index is 0.0659. The molecule has 0 bridgehead atoms. The van der Waals surface area contributed by atoms with E-state index in [1.54, 1.807) is 0 Å². The van der Waals surface area contributed by atoms with E-state index < -0.39 is 11.9 Å². The van der Waals surface area contributed by atoms with E-state index in [0.29, 0.717) is 25.9 Å². The third-order valence-electron chi connectivity index (χ3n) is 2.26. The van der Waals surface area contributed by atoms with Gasteiger partial charge in [0.05, 0.1) is 0 Å². The molecule has 0 unspecified atom stereocenters. The van der Waals surface area contributed by atoms with Gasteiger partial charge in [-0.25, -0.2) is 0 Å². The maximum atomic E-state index is 11.4. The van der Waals surface area contributed by atoms with Crippen LogP contribution in [0.5, 0.6) is 0 Å². The van der Waals surface area contributed by atoms with Crippen molar-refractivity contribution in [1.29, 1.82) is 0 Å². The number of amides is 2. The van der Waals surface area contributed by atoms with E-state index in [1.165, 1.54) is 4.90 Å². The van der Waals surface area contributed by atoms with Gasteiger partial charge in [-0.1, -0.05) is 0 Å². The zero-order valence-electron chi connectivity index (χ0n) is 7.53. The van der Waals surface area contributed by atoms with Gasteiger partial charge in [-0.3, -0.25) is 9.59 Å². The standard InChI is InChI=1S/C8H15N3O2/c9-4-3-7(12)11-5-1-2-6(11)8(10)13/h6H,1-5,9H2,(H2,10,13)/t6-/m0/s1.